The van der Waals surface area contributed by atoms with Gasteiger partial charge in [0.15, 0.2) is 18.3 Å². The molecular weight excluding hydrogens is 348 g/mol. The second-order valence-corrected chi connectivity index (χ2v) is 7.26. The minimum absolute atomic E-state index is 0.0675. The van der Waals surface area contributed by atoms with Gasteiger partial charge in [0.25, 0.3) is 5.01 Å². The second-order valence-electron chi connectivity index (χ2n) is 6.15. The third kappa shape index (κ3) is 3.75. The number of hydrogen-bond acceptors (Lipinski definition) is 6. The summed E-state index contributed by atoms with van der Waals surface area (Å²) in [4.78, 5) is 9.51. The molecule has 0 amide bonds. The molecule has 2 aromatic heterocycles. The number of thiazole rings is 1. The number of aliphatic hydroxyl groups is 2. The Morgan fingerprint density at radius 3 is 2.62 bits per heavy atom. The van der Waals surface area contributed by atoms with Crippen LogP contribution >= 0.6 is 11.3 Å². The van der Waals surface area contributed by atoms with Crippen LogP contribution in [0.5, 0.6) is 0 Å². The van der Waals surface area contributed by atoms with Crippen LogP contribution in [0.1, 0.15) is 38.6 Å². The Morgan fingerprint density at radius 2 is 1.96 bits per heavy atom. The van der Waals surface area contributed by atoms with Gasteiger partial charge in [-0.15, -0.1) is 0 Å². The summed E-state index contributed by atoms with van der Waals surface area (Å²) in [5.74, 6) is 1.07. The average molecular weight is 371 g/mol. The highest BCUT2D eigenvalue weighted by molar-refractivity contribution is 7.11. The number of anilines is 1. The van der Waals surface area contributed by atoms with Gasteiger partial charge in [-0.25, -0.2) is 9.97 Å². The van der Waals surface area contributed by atoms with Gasteiger partial charge in [-0.05, 0) is 12.5 Å². The third-order valence-electron chi connectivity index (χ3n) is 4.34. The van der Waals surface area contributed by atoms with Gasteiger partial charge >= 0.3 is 0 Å². The van der Waals surface area contributed by atoms with Crippen LogP contribution in [-0.2, 0) is 13.0 Å². The molecule has 0 radical (unpaired) electrons. The maximum atomic E-state index is 10.9. The van der Waals surface area contributed by atoms with Crippen LogP contribution in [-0.4, -0.2) is 26.8 Å². The van der Waals surface area contributed by atoms with Crippen LogP contribution in [0, 0.1) is 13.8 Å². The Kier molecular flexibility index (Phi) is 5.61. The van der Waals surface area contributed by atoms with E-state index >= 15 is 0 Å². The van der Waals surface area contributed by atoms with Gasteiger partial charge in [0.1, 0.15) is 11.6 Å². The van der Waals surface area contributed by atoms with Crippen molar-refractivity contribution in [1.29, 1.82) is 0 Å². The van der Waals surface area contributed by atoms with Crippen molar-refractivity contribution in [3.05, 3.63) is 69.1 Å². The highest BCUT2D eigenvalue weighted by Crippen LogP contribution is 2.28. The van der Waals surface area contributed by atoms with E-state index in [4.69, 9.17) is 5.73 Å². The maximum Gasteiger partial charge on any atom is 0.271 e. The molecule has 3 aromatic rings. The van der Waals surface area contributed by atoms with Crippen molar-refractivity contribution in [2.24, 2.45) is 0 Å². The van der Waals surface area contributed by atoms with Crippen LogP contribution in [0.2, 0.25) is 0 Å². The monoisotopic (exact) mass is 371 g/mol. The molecule has 6 nitrogen and oxygen atoms in total. The molecule has 2 heterocycles. The number of nitrogens with two attached hydrogens (primary N) is 1. The summed E-state index contributed by atoms with van der Waals surface area (Å²) in [5.41, 5.74) is 8.70. The molecule has 26 heavy (non-hydrogen) atoms. The molecule has 0 spiro atoms. The van der Waals surface area contributed by atoms with Crippen LogP contribution in [0.4, 0.5) is 5.82 Å². The van der Waals surface area contributed by atoms with E-state index in [0.29, 0.717) is 24.6 Å². The van der Waals surface area contributed by atoms with Gasteiger partial charge in [-0.2, -0.15) is 4.57 Å². The van der Waals surface area contributed by atoms with Gasteiger partial charge in [-0.1, -0.05) is 41.7 Å². The zero-order valence-corrected chi connectivity index (χ0v) is 15.7. The lowest BCUT2D eigenvalue weighted by molar-refractivity contribution is -0.699. The van der Waals surface area contributed by atoms with Gasteiger partial charge in [0.05, 0.1) is 10.4 Å². The van der Waals surface area contributed by atoms with Crippen LogP contribution in [0.3, 0.4) is 0 Å². The molecule has 0 saturated carbocycles. The second kappa shape index (κ2) is 7.90. The van der Waals surface area contributed by atoms with Crippen LogP contribution in [0.15, 0.2) is 36.5 Å². The van der Waals surface area contributed by atoms with Crippen molar-refractivity contribution in [3.63, 3.8) is 0 Å². The normalized spacial score (nSPS) is 12.3. The zero-order valence-electron chi connectivity index (χ0n) is 14.9. The molecule has 0 saturated heterocycles. The molecule has 7 heteroatoms. The lowest BCUT2D eigenvalue weighted by atomic mass is 10.1. The van der Waals surface area contributed by atoms with Crippen molar-refractivity contribution in [1.82, 2.24) is 9.97 Å². The first-order chi connectivity index (χ1) is 12.5. The number of nitrogens with zero attached hydrogens (tertiary/aromatic N) is 3. The summed E-state index contributed by atoms with van der Waals surface area (Å²) in [6.45, 7) is 4.33. The molecule has 1 unspecified atom stereocenters. The first-order valence-corrected chi connectivity index (χ1v) is 9.26. The lowest BCUT2D eigenvalue weighted by Gasteiger charge is -2.08. The van der Waals surface area contributed by atoms with Crippen LogP contribution < -0.4 is 10.3 Å². The van der Waals surface area contributed by atoms with E-state index in [-0.39, 0.29) is 6.61 Å². The maximum absolute atomic E-state index is 10.9. The van der Waals surface area contributed by atoms with Gasteiger partial charge in [0, 0.05) is 26.1 Å². The van der Waals surface area contributed by atoms with E-state index in [9.17, 15) is 10.2 Å². The van der Waals surface area contributed by atoms with Crippen molar-refractivity contribution < 1.29 is 14.8 Å². The fourth-order valence-corrected chi connectivity index (χ4v) is 4.15. The smallest absolute Gasteiger partial charge is 0.271 e. The fourth-order valence-electron chi connectivity index (χ4n) is 2.89. The zero-order chi connectivity index (χ0) is 18.7. The first-order valence-electron chi connectivity index (χ1n) is 8.45. The van der Waals surface area contributed by atoms with E-state index in [1.807, 2.05) is 41.8 Å². The lowest BCUT2D eigenvalue weighted by Crippen LogP contribution is -2.41. The number of hydrogen-bond donors (Lipinski definition) is 3. The quantitative estimate of drug-likeness (QED) is 0.573. The highest BCUT2D eigenvalue weighted by atomic mass is 32.1. The Hall–Kier alpha value is -2.35. The summed E-state index contributed by atoms with van der Waals surface area (Å²) in [7, 11) is 0. The number of benzene rings is 1. The minimum Gasteiger partial charge on any atom is -0.396 e. The van der Waals surface area contributed by atoms with Crippen LogP contribution in [0.25, 0.3) is 0 Å². The SMILES string of the molecule is Cc1ncc(C[n+]2c(C(O)c3ccccc3)sc(CCO)c2C)c(N)n1. The van der Waals surface area contributed by atoms with Gasteiger partial charge < -0.3 is 15.9 Å². The molecule has 1 atom stereocenters. The van der Waals surface area contributed by atoms with E-state index in [0.717, 1.165) is 26.7 Å². The Balaban J connectivity index is 2.04. The molecule has 3 rings (SSSR count). The van der Waals surface area contributed by atoms with Crippen molar-refractivity contribution in [2.45, 2.75) is 32.9 Å². The predicted octanol–water partition coefficient (Wildman–Crippen LogP) is 1.69. The Bertz CT molecular complexity index is 896. The molecule has 1 aromatic carbocycles. The van der Waals surface area contributed by atoms with E-state index in [1.54, 1.807) is 13.1 Å². The summed E-state index contributed by atoms with van der Waals surface area (Å²) in [6, 6.07) is 9.54. The molecule has 0 aliphatic rings. The summed E-state index contributed by atoms with van der Waals surface area (Å²) < 4.78 is 2.04. The largest absolute Gasteiger partial charge is 0.396 e. The average Bonchev–Trinajstić information content (AvgIpc) is 2.94. The standard InChI is InChI=1S/C19H23N4O2S/c1-12-16(8-9-24)26-19(17(25)14-6-4-3-5-7-14)23(12)11-15-10-21-13(2)22-18(15)20/h3-7,10,17,24-25H,8-9,11H2,1-2H3,(H2,20,21,22)/q+1. The number of nitrogen functional groups attached to an aromatic ring is 1. The molecule has 4 N–H and O–H groups in total. The summed E-state index contributed by atoms with van der Waals surface area (Å²) in [6.07, 6.45) is 1.53. The molecule has 0 bridgehead atoms. The van der Waals surface area contributed by atoms with Gasteiger partial charge in [0.2, 0.25) is 0 Å². The molecule has 0 fully saturated rings. The van der Waals surface area contributed by atoms with E-state index in [1.165, 1.54) is 11.3 Å². The van der Waals surface area contributed by atoms with Crippen molar-refractivity contribution in [3.8, 4) is 0 Å². The number of aliphatic hydroxyl groups excluding tert-OH is 2. The Morgan fingerprint density at radius 1 is 1.23 bits per heavy atom. The van der Waals surface area contributed by atoms with E-state index in [2.05, 4.69) is 9.97 Å². The van der Waals surface area contributed by atoms with Crippen molar-refractivity contribution >= 4 is 17.2 Å². The number of aromatic nitrogens is 3. The number of rotatable bonds is 6. The molecular formula is C19H23N4O2S+. The van der Waals surface area contributed by atoms with Crippen molar-refractivity contribution in [2.75, 3.05) is 12.3 Å². The summed E-state index contributed by atoms with van der Waals surface area (Å²) in [5, 5.41) is 21.1. The summed E-state index contributed by atoms with van der Waals surface area (Å²) >= 11 is 1.51. The molecule has 136 valence electrons. The predicted molar refractivity (Wildman–Crippen MR) is 101 cm³/mol. The molecule has 0 aliphatic carbocycles. The highest BCUT2D eigenvalue weighted by Gasteiger charge is 2.30. The third-order valence-corrected chi connectivity index (χ3v) is 5.74. The van der Waals surface area contributed by atoms with E-state index < -0.39 is 6.10 Å². The topological polar surface area (TPSA) is 96.1 Å². The first kappa shape index (κ1) is 18.4. The van der Waals surface area contributed by atoms with Gasteiger partial charge in [-0.3, -0.25) is 0 Å². The Labute approximate surface area is 156 Å². The fraction of sp³-hybridized carbons (Fsp3) is 0.316. The minimum atomic E-state index is -0.750. The number of aryl methyl sites for hydroxylation is 1. The molecule has 0 aliphatic heterocycles.